The van der Waals surface area contributed by atoms with E-state index in [0.717, 1.165) is 11.3 Å². The van der Waals surface area contributed by atoms with Gasteiger partial charge in [0.15, 0.2) is 0 Å². The molecule has 0 saturated carbocycles. The van der Waals surface area contributed by atoms with Gasteiger partial charge in [-0.25, -0.2) is 4.39 Å². The minimum atomic E-state index is -0.230. The summed E-state index contributed by atoms with van der Waals surface area (Å²) in [5.74, 6) is 0.532. The largest absolute Gasteiger partial charge is 0.492 e. The highest BCUT2D eigenvalue weighted by molar-refractivity contribution is 5.36. The van der Waals surface area contributed by atoms with Gasteiger partial charge < -0.3 is 10.5 Å². The molecular formula is C9H10FNO. The highest BCUT2D eigenvalue weighted by atomic mass is 19.1. The molecule has 64 valence electrons. The Bertz CT molecular complexity index is 301. The first-order chi connectivity index (χ1) is 5.75. The minimum absolute atomic E-state index is 0.000648. The molecule has 1 aliphatic heterocycles. The zero-order valence-corrected chi connectivity index (χ0v) is 6.59. The first-order valence-electron chi connectivity index (χ1n) is 3.92. The van der Waals surface area contributed by atoms with Crippen molar-refractivity contribution in [3.8, 4) is 5.75 Å². The van der Waals surface area contributed by atoms with Gasteiger partial charge in [-0.2, -0.15) is 0 Å². The van der Waals surface area contributed by atoms with Crippen molar-refractivity contribution in [3.05, 3.63) is 29.6 Å². The summed E-state index contributed by atoms with van der Waals surface area (Å²) in [6.45, 7) is 0.526. The Hall–Kier alpha value is -1.09. The first kappa shape index (κ1) is 7.55. The molecule has 0 fully saturated rings. The molecule has 0 bridgehead atoms. The Morgan fingerprint density at radius 1 is 1.50 bits per heavy atom. The van der Waals surface area contributed by atoms with Crippen LogP contribution in [0.3, 0.4) is 0 Å². The van der Waals surface area contributed by atoms with Crippen LogP contribution < -0.4 is 10.5 Å². The van der Waals surface area contributed by atoms with Crippen molar-refractivity contribution in [3.63, 3.8) is 0 Å². The Balaban J connectivity index is 2.37. The van der Waals surface area contributed by atoms with Gasteiger partial charge in [0.1, 0.15) is 18.2 Å². The van der Waals surface area contributed by atoms with Crippen LogP contribution >= 0.6 is 0 Å². The van der Waals surface area contributed by atoms with Crippen LogP contribution in [0.15, 0.2) is 18.2 Å². The lowest BCUT2D eigenvalue weighted by atomic mass is 10.0. The summed E-state index contributed by atoms with van der Waals surface area (Å²) in [7, 11) is 0. The number of hydrogen-bond donors (Lipinski definition) is 1. The lowest BCUT2D eigenvalue weighted by Crippen LogP contribution is -2.33. The van der Waals surface area contributed by atoms with Crippen molar-refractivity contribution in [2.24, 2.45) is 5.73 Å². The smallest absolute Gasteiger partial charge is 0.123 e. The first-order valence-corrected chi connectivity index (χ1v) is 3.92. The molecule has 2 N–H and O–H groups in total. The summed E-state index contributed by atoms with van der Waals surface area (Å²) in [5, 5.41) is 0. The second kappa shape index (κ2) is 2.75. The summed E-state index contributed by atoms with van der Waals surface area (Å²) >= 11 is 0. The SMILES string of the molecule is N[C@H]1COc2ccc(F)cc2C1. The Labute approximate surface area is 70.1 Å². The van der Waals surface area contributed by atoms with Gasteiger partial charge in [0.2, 0.25) is 0 Å². The van der Waals surface area contributed by atoms with Crippen LogP contribution in [0.25, 0.3) is 0 Å². The maximum Gasteiger partial charge on any atom is 0.123 e. The van der Waals surface area contributed by atoms with Crippen LogP contribution in [0, 0.1) is 5.82 Å². The van der Waals surface area contributed by atoms with E-state index in [-0.39, 0.29) is 11.9 Å². The maximum absolute atomic E-state index is 12.7. The Morgan fingerprint density at radius 3 is 3.17 bits per heavy atom. The number of benzene rings is 1. The third kappa shape index (κ3) is 1.28. The monoisotopic (exact) mass is 167 g/mol. The molecule has 2 rings (SSSR count). The fraction of sp³-hybridized carbons (Fsp3) is 0.333. The normalized spacial score (nSPS) is 21.3. The van der Waals surface area contributed by atoms with Crippen LogP contribution in [-0.2, 0) is 6.42 Å². The van der Waals surface area contributed by atoms with Crippen molar-refractivity contribution < 1.29 is 9.13 Å². The molecule has 1 heterocycles. The molecule has 0 saturated heterocycles. The van der Waals surface area contributed by atoms with Crippen LogP contribution in [0.2, 0.25) is 0 Å². The second-order valence-corrected chi connectivity index (χ2v) is 3.03. The van der Waals surface area contributed by atoms with Crippen molar-refractivity contribution in [1.29, 1.82) is 0 Å². The van der Waals surface area contributed by atoms with E-state index in [1.165, 1.54) is 12.1 Å². The molecule has 1 aromatic carbocycles. The van der Waals surface area contributed by atoms with Gasteiger partial charge in [0.05, 0.1) is 0 Å². The summed E-state index contributed by atoms with van der Waals surface area (Å²) in [6.07, 6.45) is 0.701. The van der Waals surface area contributed by atoms with Crippen LogP contribution in [0.4, 0.5) is 4.39 Å². The van der Waals surface area contributed by atoms with Gasteiger partial charge >= 0.3 is 0 Å². The zero-order valence-electron chi connectivity index (χ0n) is 6.59. The molecule has 0 aromatic heterocycles. The second-order valence-electron chi connectivity index (χ2n) is 3.03. The molecule has 1 aromatic rings. The van der Waals surface area contributed by atoms with E-state index in [4.69, 9.17) is 10.5 Å². The Kier molecular flexibility index (Phi) is 1.73. The fourth-order valence-electron chi connectivity index (χ4n) is 1.39. The number of ether oxygens (including phenoxy) is 1. The van der Waals surface area contributed by atoms with Gasteiger partial charge in [-0.3, -0.25) is 0 Å². The zero-order chi connectivity index (χ0) is 8.55. The van der Waals surface area contributed by atoms with Gasteiger partial charge in [-0.1, -0.05) is 0 Å². The number of rotatable bonds is 0. The predicted molar refractivity (Wildman–Crippen MR) is 43.6 cm³/mol. The predicted octanol–water partition coefficient (Wildman–Crippen LogP) is 1.09. The number of fused-ring (bicyclic) bond motifs is 1. The van der Waals surface area contributed by atoms with E-state index in [1.807, 2.05) is 0 Å². The summed E-state index contributed by atoms with van der Waals surface area (Å²) in [5.41, 5.74) is 6.52. The summed E-state index contributed by atoms with van der Waals surface area (Å²) in [4.78, 5) is 0. The molecule has 0 spiro atoms. The molecular weight excluding hydrogens is 157 g/mol. The molecule has 3 heteroatoms. The van der Waals surface area contributed by atoms with Crippen molar-refractivity contribution in [2.75, 3.05) is 6.61 Å². The minimum Gasteiger partial charge on any atom is -0.492 e. The van der Waals surface area contributed by atoms with Crippen molar-refractivity contribution >= 4 is 0 Å². The quantitative estimate of drug-likeness (QED) is 0.627. The van der Waals surface area contributed by atoms with E-state index >= 15 is 0 Å². The van der Waals surface area contributed by atoms with Crippen molar-refractivity contribution in [1.82, 2.24) is 0 Å². The Morgan fingerprint density at radius 2 is 2.33 bits per heavy atom. The third-order valence-electron chi connectivity index (χ3n) is 1.96. The van der Waals surface area contributed by atoms with Gasteiger partial charge in [0.25, 0.3) is 0 Å². The highest BCUT2D eigenvalue weighted by Crippen LogP contribution is 2.24. The molecule has 0 radical (unpaired) electrons. The molecule has 0 amide bonds. The molecule has 0 unspecified atom stereocenters. The average Bonchev–Trinajstić information content (AvgIpc) is 2.03. The fourth-order valence-corrected chi connectivity index (χ4v) is 1.39. The standard InChI is InChI=1S/C9H10FNO/c10-7-1-2-9-6(3-7)4-8(11)5-12-9/h1-3,8H,4-5,11H2/t8-/m1/s1. The van der Waals surface area contributed by atoms with Gasteiger partial charge in [-0.15, -0.1) is 0 Å². The molecule has 0 aliphatic carbocycles. The van der Waals surface area contributed by atoms with E-state index < -0.39 is 0 Å². The van der Waals surface area contributed by atoms with E-state index in [2.05, 4.69) is 0 Å². The lowest BCUT2D eigenvalue weighted by Gasteiger charge is -2.21. The summed E-state index contributed by atoms with van der Waals surface area (Å²) < 4.78 is 18.0. The summed E-state index contributed by atoms with van der Waals surface area (Å²) in [6, 6.07) is 4.53. The highest BCUT2D eigenvalue weighted by Gasteiger charge is 2.16. The molecule has 1 atom stereocenters. The lowest BCUT2D eigenvalue weighted by molar-refractivity contribution is 0.263. The van der Waals surface area contributed by atoms with E-state index in [0.29, 0.717) is 13.0 Å². The molecule has 2 nitrogen and oxygen atoms in total. The number of halogens is 1. The third-order valence-corrected chi connectivity index (χ3v) is 1.96. The maximum atomic E-state index is 12.7. The van der Waals surface area contributed by atoms with Gasteiger partial charge in [-0.05, 0) is 30.2 Å². The van der Waals surface area contributed by atoms with Gasteiger partial charge in [0, 0.05) is 6.04 Å². The van der Waals surface area contributed by atoms with Crippen LogP contribution in [0.5, 0.6) is 5.75 Å². The number of nitrogens with two attached hydrogens (primary N) is 1. The van der Waals surface area contributed by atoms with Crippen molar-refractivity contribution in [2.45, 2.75) is 12.5 Å². The molecule has 1 aliphatic rings. The van der Waals surface area contributed by atoms with E-state index in [1.54, 1.807) is 6.07 Å². The average molecular weight is 167 g/mol. The van der Waals surface area contributed by atoms with Crippen LogP contribution in [-0.4, -0.2) is 12.6 Å². The number of hydrogen-bond acceptors (Lipinski definition) is 2. The van der Waals surface area contributed by atoms with Crippen LogP contribution in [0.1, 0.15) is 5.56 Å². The molecule has 12 heavy (non-hydrogen) atoms. The van der Waals surface area contributed by atoms with E-state index in [9.17, 15) is 4.39 Å². The topological polar surface area (TPSA) is 35.2 Å².